The van der Waals surface area contributed by atoms with Gasteiger partial charge in [-0.3, -0.25) is 4.90 Å². The van der Waals surface area contributed by atoms with Gasteiger partial charge in [0, 0.05) is 19.6 Å². The lowest BCUT2D eigenvalue weighted by Gasteiger charge is -2.27. The Labute approximate surface area is 157 Å². The van der Waals surface area contributed by atoms with Gasteiger partial charge in [0.1, 0.15) is 11.9 Å². The largest absolute Gasteiger partial charge is 0.486 e. The number of hydrogen-bond acceptors (Lipinski definition) is 2. The van der Waals surface area contributed by atoms with E-state index in [9.17, 15) is 0 Å². The molecule has 0 bridgehead atoms. The smallest absolute Gasteiger partial charge is 0.120 e. The molecule has 0 spiro atoms. The molecule has 0 aromatic heterocycles. The molecule has 1 fully saturated rings. The number of para-hydroxylation sites is 1. The van der Waals surface area contributed by atoms with Crippen molar-refractivity contribution < 1.29 is 4.74 Å². The maximum Gasteiger partial charge on any atom is 0.120 e. The summed E-state index contributed by atoms with van der Waals surface area (Å²) >= 11 is 0. The highest BCUT2D eigenvalue weighted by atomic mass is 16.5. The molecule has 2 heteroatoms. The molecule has 2 aromatic rings. The van der Waals surface area contributed by atoms with Crippen molar-refractivity contribution in [2.75, 3.05) is 13.1 Å². The van der Waals surface area contributed by atoms with Crippen molar-refractivity contribution in [1.82, 2.24) is 4.90 Å². The Kier molecular flexibility index (Phi) is 7.09. The Hall–Kier alpha value is -2.32. The molecular formula is C24H29NO. The van der Waals surface area contributed by atoms with Crippen LogP contribution in [0.25, 0.3) is 0 Å². The van der Waals surface area contributed by atoms with Crippen LogP contribution in [0.15, 0.2) is 85.0 Å². The highest BCUT2D eigenvalue weighted by molar-refractivity contribution is 5.24. The van der Waals surface area contributed by atoms with Gasteiger partial charge in [-0.2, -0.15) is 0 Å². The summed E-state index contributed by atoms with van der Waals surface area (Å²) in [4.78, 5) is 2.42. The number of rotatable bonds is 8. The van der Waals surface area contributed by atoms with Crippen molar-refractivity contribution in [2.24, 2.45) is 0 Å². The first-order valence-electron chi connectivity index (χ1n) is 9.63. The van der Waals surface area contributed by atoms with Gasteiger partial charge < -0.3 is 4.74 Å². The van der Waals surface area contributed by atoms with Gasteiger partial charge in [0.05, 0.1) is 0 Å². The van der Waals surface area contributed by atoms with Gasteiger partial charge in [-0.15, -0.1) is 6.58 Å². The highest BCUT2D eigenvalue weighted by Crippen LogP contribution is 2.28. The topological polar surface area (TPSA) is 12.5 Å². The molecule has 2 nitrogen and oxygen atoms in total. The Morgan fingerprint density at radius 2 is 1.69 bits per heavy atom. The number of ether oxygens (including phenoxy) is 1. The highest BCUT2D eigenvalue weighted by Gasteiger charge is 2.20. The minimum absolute atomic E-state index is 0.216. The minimum atomic E-state index is 0.216. The van der Waals surface area contributed by atoms with Crippen LogP contribution in [0.4, 0.5) is 0 Å². The second-order valence-electron chi connectivity index (χ2n) is 6.91. The van der Waals surface area contributed by atoms with Crippen molar-refractivity contribution in [2.45, 2.75) is 38.3 Å². The predicted octanol–water partition coefficient (Wildman–Crippen LogP) is 5.62. The summed E-state index contributed by atoms with van der Waals surface area (Å²) in [6.45, 7) is 6.69. The summed E-state index contributed by atoms with van der Waals surface area (Å²) in [5, 5.41) is 0. The van der Waals surface area contributed by atoms with Gasteiger partial charge >= 0.3 is 0 Å². The third-order valence-corrected chi connectivity index (χ3v) is 4.86. The molecule has 136 valence electrons. The van der Waals surface area contributed by atoms with Crippen LogP contribution < -0.4 is 4.74 Å². The zero-order valence-corrected chi connectivity index (χ0v) is 15.5. The maximum absolute atomic E-state index is 6.27. The second kappa shape index (κ2) is 9.98. The monoisotopic (exact) mass is 347 g/mol. The summed E-state index contributed by atoms with van der Waals surface area (Å²) in [6.07, 6.45) is 9.36. The van der Waals surface area contributed by atoms with E-state index in [2.05, 4.69) is 47.9 Å². The molecule has 26 heavy (non-hydrogen) atoms. The molecule has 1 aliphatic carbocycles. The minimum Gasteiger partial charge on any atom is -0.486 e. The zero-order chi connectivity index (χ0) is 18.0. The molecule has 1 atom stereocenters. The van der Waals surface area contributed by atoms with Crippen molar-refractivity contribution in [3.05, 3.63) is 90.5 Å². The first-order valence-corrected chi connectivity index (χ1v) is 9.63. The quantitative estimate of drug-likeness (QED) is 0.574. The molecule has 1 saturated carbocycles. The molecule has 1 aliphatic rings. The number of hydrogen-bond donors (Lipinski definition) is 0. The van der Waals surface area contributed by atoms with Crippen molar-refractivity contribution in [3.8, 4) is 5.75 Å². The molecule has 3 rings (SSSR count). The lowest BCUT2D eigenvalue weighted by Crippen LogP contribution is -2.27. The average Bonchev–Trinajstić information content (AvgIpc) is 2.69. The molecule has 0 amide bonds. The van der Waals surface area contributed by atoms with Crippen LogP contribution in [-0.2, 0) is 6.54 Å². The molecule has 0 N–H and O–H groups in total. The summed E-state index contributed by atoms with van der Waals surface area (Å²) in [5.41, 5.74) is 2.79. The SMILES string of the molecule is C=CCN(C/C=C1/CCCCC1Oc1ccccc1)Cc1ccccc1. The Morgan fingerprint density at radius 3 is 2.42 bits per heavy atom. The molecule has 0 saturated heterocycles. The fourth-order valence-electron chi connectivity index (χ4n) is 3.51. The standard InChI is InChI=1S/C24H29NO/c1-2-18-25(20-21-11-5-3-6-12-21)19-17-22-13-9-10-16-24(22)26-23-14-7-4-8-15-23/h2-8,11-12,14-15,17,24H,1,9-10,13,16,18-20H2/b22-17-. The van der Waals surface area contributed by atoms with E-state index in [1.165, 1.54) is 24.0 Å². The molecule has 1 unspecified atom stereocenters. The lowest BCUT2D eigenvalue weighted by molar-refractivity contribution is 0.202. The molecule has 0 radical (unpaired) electrons. The second-order valence-corrected chi connectivity index (χ2v) is 6.91. The molecular weight excluding hydrogens is 318 g/mol. The lowest BCUT2D eigenvalue weighted by atomic mass is 9.91. The van der Waals surface area contributed by atoms with E-state index in [0.717, 1.165) is 38.2 Å². The Morgan fingerprint density at radius 1 is 0.962 bits per heavy atom. The number of nitrogens with zero attached hydrogens (tertiary/aromatic N) is 1. The Bertz CT molecular complexity index is 693. The van der Waals surface area contributed by atoms with Crippen LogP contribution in [-0.4, -0.2) is 24.1 Å². The fourth-order valence-corrected chi connectivity index (χ4v) is 3.51. The van der Waals surface area contributed by atoms with Gasteiger partial charge in [-0.05, 0) is 49.0 Å². The van der Waals surface area contributed by atoms with Crippen LogP contribution in [0.2, 0.25) is 0 Å². The summed E-state index contributed by atoms with van der Waals surface area (Å²) in [7, 11) is 0. The third-order valence-electron chi connectivity index (χ3n) is 4.86. The van der Waals surface area contributed by atoms with E-state index in [1.807, 2.05) is 36.4 Å². The van der Waals surface area contributed by atoms with Crippen molar-refractivity contribution in [3.63, 3.8) is 0 Å². The molecule has 0 heterocycles. The van der Waals surface area contributed by atoms with Crippen LogP contribution >= 0.6 is 0 Å². The summed E-state index contributed by atoms with van der Waals surface area (Å²) in [5.74, 6) is 0.970. The van der Waals surface area contributed by atoms with E-state index in [0.29, 0.717) is 0 Å². The third kappa shape index (κ3) is 5.60. The van der Waals surface area contributed by atoms with E-state index in [-0.39, 0.29) is 6.10 Å². The fraction of sp³-hybridized carbons (Fsp3) is 0.333. The van der Waals surface area contributed by atoms with Gasteiger partial charge in [-0.1, -0.05) is 60.7 Å². The molecule has 0 aliphatic heterocycles. The van der Waals surface area contributed by atoms with Crippen molar-refractivity contribution in [1.29, 1.82) is 0 Å². The maximum atomic E-state index is 6.27. The first kappa shape index (κ1) is 18.5. The van der Waals surface area contributed by atoms with Gasteiger partial charge in [-0.25, -0.2) is 0 Å². The number of benzene rings is 2. The van der Waals surface area contributed by atoms with E-state index in [1.54, 1.807) is 0 Å². The first-order chi connectivity index (χ1) is 12.8. The van der Waals surface area contributed by atoms with Crippen molar-refractivity contribution >= 4 is 0 Å². The van der Waals surface area contributed by atoms with Gasteiger partial charge in [0.2, 0.25) is 0 Å². The van der Waals surface area contributed by atoms with Gasteiger partial charge in [0.25, 0.3) is 0 Å². The van der Waals surface area contributed by atoms with E-state index >= 15 is 0 Å². The summed E-state index contributed by atoms with van der Waals surface area (Å²) < 4.78 is 6.27. The summed E-state index contributed by atoms with van der Waals surface area (Å²) in [6, 6.07) is 20.8. The van der Waals surface area contributed by atoms with Crippen LogP contribution in [0.3, 0.4) is 0 Å². The van der Waals surface area contributed by atoms with Crippen LogP contribution in [0.1, 0.15) is 31.2 Å². The van der Waals surface area contributed by atoms with Crippen LogP contribution in [0.5, 0.6) is 5.75 Å². The zero-order valence-electron chi connectivity index (χ0n) is 15.5. The average molecular weight is 348 g/mol. The Balaban J connectivity index is 1.65. The van der Waals surface area contributed by atoms with Crippen LogP contribution in [0, 0.1) is 0 Å². The normalized spacial score (nSPS) is 18.8. The van der Waals surface area contributed by atoms with E-state index in [4.69, 9.17) is 4.74 Å². The molecule has 2 aromatic carbocycles. The van der Waals surface area contributed by atoms with E-state index < -0.39 is 0 Å². The van der Waals surface area contributed by atoms with Gasteiger partial charge in [0.15, 0.2) is 0 Å². The predicted molar refractivity (Wildman–Crippen MR) is 109 cm³/mol.